The fraction of sp³-hybridized carbons (Fsp3) is 0.667. The number of esters is 1. The van der Waals surface area contributed by atoms with Crippen LogP contribution in [-0.4, -0.2) is 37.1 Å². The molecular formula is C9H18N2O2. The monoisotopic (exact) mass is 186 g/mol. The van der Waals surface area contributed by atoms with Crippen LogP contribution < -0.4 is 5.73 Å². The Labute approximate surface area is 79.3 Å². The topological polar surface area (TPSA) is 55.6 Å². The molecule has 0 bridgehead atoms. The highest BCUT2D eigenvalue weighted by Gasteiger charge is 2.31. The molecule has 0 aliphatic heterocycles. The Kier molecular flexibility index (Phi) is 4.48. The molecule has 0 aromatic carbocycles. The molecule has 0 unspecified atom stereocenters. The summed E-state index contributed by atoms with van der Waals surface area (Å²) in [5, 5.41) is 0. The summed E-state index contributed by atoms with van der Waals surface area (Å²) in [7, 11) is 3.19. The zero-order valence-electron chi connectivity index (χ0n) is 8.70. The van der Waals surface area contributed by atoms with Gasteiger partial charge in [0, 0.05) is 13.6 Å². The molecule has 0 aromatic rings. The highest BCUT2D eigenvalue weighted by Crippen LogP contribution is 2.13. The number of rotatable bonds is 4. The molecule has 2 N–H and O–H groups in total. The number of carbonyl (C=O) groups is 1. The third kappa shape index (κ3) is 3.06. The molecule has 0 aliphatic rings. The molecule has 0 rings (SSSR count). The van der Waals surface area contributed by atoms with E-state index in [-0.39, 0.29) is 5.97 Å². The number of ether oxygens (including phenoxy) is 1. The molecule has 0 spiro atoms. The minimum Gasteiger partial charge on any atom is -0.467 e. The number of nitrogens with two attached hydrogens (primary N) is 1. The quantitative estimate of drug-likeness (QED) is 0.643. The lowest BCUT2D eigenvalue weighted by Crippen LogP contribution is -2.45. The largest absolute Gasteiger partial charge is 0.467 e. The van der Waals surface area contributed by atoms with Crippen molar-refractivity contribution in [2.75, 3.05) is 20.7 Å². The molecule has 0 fully saturated rings. The maximum absolute atomic E-state index is 11.3. The summed E-state index contributed by atoms with van der Waals surface area (Å²) >= 11 is 0. The Hall–Kier alpha value is -1.03. The van der Waals surface area contributed by atoms with Gasteiger partial charge in [-0.15, -0.1) is 0 Å². The number of methoxy groups -OCH3 is 1. The van der Waals surface area contributed by atoms with Crippen molar-refractivity contribution in [2.45, 2.75) is 19.4 Å². The number of carbonyl (C=O) groups excluding carboxylic acids is 1. The van der Waals surface area contributed by atoms with Gasteiger partial charge < -0.3 is 15.4 Å². The van der Waals surface area contributed by atoms with E-state index in [2.05, 4.69) is 4.74 Å². The van der Waals surface area contributed by atoms with Gasteiger partial charge in [0.1, 0.15) is 5.54 Å². The molecule has 0 aliphatic carbocycles. The Morgan fingerprint density at radius 3 is 2.54 bits per heavy atom. The third-order valence-corrected chi connectivity index (χ3v) is 2.03. The van der Waals surface area contributed by atoms with Gasteiger partial charge in [0.2, 0.25) is 0 Å². The molecule has 4 heteroatoms. The second kappa shape index (κ2) is 4.87. The zero-order valence-corrected chi connectivity index (χ0v) is 8.70. The minimum atomic E-state index is -0.652. The number of hydrogen-bond acceptors (Lipinski definition) is 4. The van der Waals surface area contributed by atoms with Crippen LogP contribution in [-0.2, 0) is 9.53 Å². The van der Waals surface area contributed by atoms with E-state index in [4.69, 9.17) is 5.73 Å². The summed E-state index contributed by atoms with van der Waals surface area (Å²) in [5.41, 5.74) is 4.65. The van der Waals surface area contributed by atoms with Gasteiger partial charge >= 0.3 is 5.97 Å². The molecule has 76 valence electrons. The summed E-state index contributed by atoms with van der Waals surface area (Å²) in [6.45, 7) is 4.04. The van der Waals surface area contributed by atoms with Gasteiger partial charge in [-0.05, 0) is 20.0 Å². The van der Waals surface area contributed by atoms with Crippen LogP contribution in [0.25, 0.3) is 0 Å². The molecule has 0 radical (unpaired) electrons. The standard InChI is InChI=1S/C9H18N2O2/c1-9(2,8(12)13-4)11(3)7-5-6-10/h5,7H,6,10H2,1-4H3/b7-5+. The highest BCUT2D eigenvalue weighted by molar-refractivity contribution is 5.79. The SMILES string of the molecule is COC(=O)C(C)(C)N(C)/C=C/CN. The molecule has 0 aromatic heterocycles. The first-order chi connectivity index (χ1) is 5.96. The molecule has 0 saturated carbocycles. The van der Waals surface area contributed by atoms with Crippen LogP contribution in [0.4, 0.5) is 0 Å². The molecule has 0 saturated heterocycles. The Morgan fingerprint density at radius 1 is 1.62 bits per heavy atom. The Balaban J connectivity index is 4.43. The lowest BCUT2D eigenvalue weighted by atomic mass is 10.0. The van der Waals surface area contributed by atoms with Gasteiger partial charge in [-0.25, -0.2) is 4.79 Å². The molecular weight excluding hydrogens is 168 g/mol. The molecule has 0 heterocycles. The number of hydrogen-bond donors (Lipinski definition) is 1. The number of likely N-dealkylation sites (N-methyl/N-ethyl adjacent to an activating group) is 1. The first-order valence-electron chi connectivity index (χ1n) is 4.15. The first kappa shape index (κ1) is 12.0. The van der Waals surface area contributed by atoms with Gasteiger partial charge in [0.25, 0.3) is 0 Å². The average molecular weight is 186 g/mol. The fourth-order valence-electron chi connectivity index (χ4n) is 0.799. The summed E-state index contributed by atoms with van der Waals surface area (Å²) < 4.78 is 4.67. The van der Waals surface area contributed by atoms with Crippen LogP contribution >= 0.6 is 0 Å². The van der Waals surface area contributed by atoms with Gasteiger partial charge in [-0.2, -0.15) is 0 Å². The highest BCUT2D eigenvalue weighted by atomic mass is 16.5. The molecule has 4 nitrogen and oxygen atoms in total. The maximum Gasteiger partial charge on any atom is 0.331 e. The van der Waals surface area contributed by atoms with E-state index in [1.165, 1.54) is 7.11 Å². The lowest BCUT2D eigenvalue weighted by molar-refractivity contribution is -0.150. The van der Waals surface area contributed by atoms with E-state index in [0.717, 1.165) is 0 Å². The van der Waals surface area contributed by atoms with Gasteiger partial charge in [0.15, 0.2) is 0 Å². The smallest absolute Gasteiger partial charge is 0.331 e. The van der Waals surface area contributed by atoms with Crippen LogP contribution in [0, 0.1) is 0 Å². The van der Waals surface area contributed by atoms with Crippen LogP contribution in [0.5, 0.6) is 0 Å². The van der Waals surface area contributed by atoms with Gasteiger partial charge in [-0.3, -0.25) is 0 Å². The second-order valence-electron chi connectivity index (χ2n) is 3.28. The zero-order chi connectivity index (χ0) is 10.5. The summed E-state index contributed by atoms with van der Waals surface area (Å²) in [5.74, 6) is -0.267. The van der Waals surface area contributed by atoms with Crippen LogP contribution in [0.15, 0.2) is 12.3 Å². The molecule has 0 amide bonds. The van der Waals surface area contributed by atoms with E-state index in [9.17, 15) is 4.79 Å². The van der Waals surface area contributed by atoms with Crippen molar-refractivity contribution < 1.29 is 9.53 Å². The predicted octanol–water partition coefficient (Wildman–Crippen LogP) is 0.342. The third-order valence-electron chi connectivity index (χ3n) is 2.03. The average Bonchev–Trinajstić information content (AvgIpc) is 2.12. The van der Waals surface area contributed by atoms with E-state index in [1.54, 1.807) is 31.0 Å². The van der Waals surface area contributed by atoms with Crippen molar-refractivity contribution in [3.63, 3.8) is 0 Å². The van der Waals surface area contributed by atoms with Crippen molar-refractivity contribution in [1.82, 2.24) is 4.90 Å². The predicted molar refractivity (Wildman–Crippen MR) is 52.1 cm³/mol. The van der Waals surface area contributed by atoms with E-state index in [1.807, 2.05) is 7.05 Å². The maximum atomic E-state index is 11.3. The van der Waals surface area contributed by atoms with Crippen molar-refractivity contribution >= 4 is 5.97 Å². The van der Waals surface area contributed by atoms with Crippen molar-refractivity contribution in [2.24, 2.45) is 5.73 Å². The molecule has 0 atom stereocenters. The van der Waals surface area contributed by atoms with Crippen LogP contribution in [0.1, 0.15) is 13.8 Å². The van der Waals surface area contributed by atoms with Crippen molar-refractivity contribution in [3.05, 3.63) is 12.3 Å². The lowest BCUT2D eigenvalue weighted by Gasteiger charge is -2.31. The second-order valence-corrected chi connectivity index (χ2v) is 3.28. The van der Waals surface area contributed by atoms with E-state index in [0.29, 0.717) is 6.54 Å². The van der Waals surface area contributed by atoms with Crippen molar-refractivity contribution in [1.29, 1.82) is 0 Å². The summed E-state index contributed by atoms with van der Waals surface area (Å²) in [6, 6.07) is 0. The fourth-order valence-corrected chi connectivity index (χ4v) is 0.799. The van der Waals surface area contributed by atoms with E-state index < -0.39 is 5.54 Å². The Bertz CT molecular complexity index is 200. The van der Waals surface area contributed by atoms with Crippen LogP contribution in [0.3, 0.4) is 0 Å². The van der Waals surface area contributed by atoms with Gasteiger partial charge in [-0.1, -0.05) is 6.08 Å². The number of nitrogens with zero attached hydrogens (tertiary/aromatic N) is 1. The van der Waals surface area contributed by atoms with E-state index >= 15 is 0 Å². The Morgan fingerprint density at radius 2 is 2.15 bits per heavy atom. The normalized spacial score (nSPS) is 11.8. The van der Waals surface area contributed by atoms with Crippen molar-refractivity contribution in [3.8, 4) is 0 Å². The summed E-state index contributed by atoms with van der Waals surface area (Å²) in [6.07, 6.45) is 3.56. The minimum absolute atomic E-state index is 0.267. The molecule has 13 heavy (non-hydrogen) atoms. The first-order valence-corrected chi connectivity index (χ1v) is 4.15. The van der Waals surface area contributed by atoms with Gasteiger partial charge in [0.05, 0.1) is 7.11 Å². The van der Waals surface area contributed by atoms with Crippen LogP contribution in [0.2, 0.25) is 0 Å². The summed E-state index contributed by atoms with van der Waals surface area (Å²) in [4.78, 5) is 13.1.